The fraction of sp³-hybridized carbons (Fsp3) is 0.625. The highest BCUT2D eigenvalue weighted by Crippen LogP contribution is 2.21. The topological polar surface area (TPSA) is 88.6 Å². The lowest BCUT2D eigenvalue weighted by atomic mass is 9.94. The Morgan fingerprint density at radius 2 is 2.17 bits per heavy atom. The lowest BCUT2D eigenvalue weighted by molar-refractivity contribution is -0.391. The number of nitro groups is 1. The van der Waals surface area contributed by atoms with E-state index in [1.807, 2.05) is 0 Å². The largest absolute Gasteiger partial charge is 0.368 e. The SMILES string of the molecule is CN(CCCNc1ccc2ncc([N+](=O)[O-])n2n1)C1CCCCC1. The molecule has 0 unspecified atom stereocenters. The minimum atomic E-state index is -0.476. The fourth-order valence-electron chi connectivity index (χ4n) is 3.33. The van der Waals surface area contributed by atoms with Crippen molar-refractivity contribution in [3.05, 3.63) is 28.4 Å². The zero-order valence-electron chi connectivity index (χ0n) is 14.0. The molecule has 0 aromatic carbocycles. The Morgan fingerprint density at radius 3 is 2.92 bits per heavy atom. The quantitative estimate of drug-likeness (QED) is 0.476. The first-order chi connectivity index (χ1) is 11.6. The zero-order chi connectivity index (χ0) is 16.9. The van der Waals surface area contributed by atoms with E-state index in [0.717, 1.165) is 25.6 Å². The molecule has 8 heteroatoms. The smallest absolute Gasteiger partial charge is 0.367 e. The molecule has 0 radical (unpaired) electrons. The first-order valence-corrected chi connectivity index (χ1v) is 8.58. The molecule has 0 bridgehead atoms. The van der Waals surface area contributed by atoms with Crippen LogP contribution in [0.2, 0.25) is 0 Å². The average molecular weight is 332 g/mol. The van der Waals surface area contributed by atoms with Crippen LogP contribution in [0.4, 0.5) is 11.6 Å². The average Bonchev–Trinajstić information content (AvgIpc) is 3.02. The van der Waals surface area contributed by atoms with E-state index in [0.29, 0.717) is 11.5 Å². The number of nitrogens with zero attached hydrogens (tertiary/aromatic N) is 5. The summed E-state index contributed by atoms with van der Waals surface area (Å²) in [5, 5.41) is 18.4. The predicted octanol–water partition coefficient (Wildman–Crippen LogP) is 2.70. The number of hydrogen-bond acceptors (Lipinski definition) is 6. The lowest BCUT2D eigenvalue weighted by Gasteiger charge is -2.31. The van der Waals surface area contributed by atoms with Gasteiger partial charge in [-0.2, -0.15) is 0 Å². The van der Waals surface area contributed by atoms with Crippen molar-refractivity contribution in [3.8, 4) is 0 Å². The Hall–Kier alpha value is -2.22. The monoisotopic (exact) mass is 332 g/mol. The molecular weight excluding hydrogens is 308 g/mol. The van der Waals surface area contributed by atoms with Crippen LogP contribution < -0.4 is 5.32 Å². The maximum Gasteiger partial charge on any atom is 0.368 e. The van der Waals surface area contributed by atoms with Gasteiger partial charge < -0.3 is 20.3 Å². The van der Waals surface area contributed by atoms with Crippen molar-refractivity contribution in [3.63, 3.8) is 0 Å². The normalized spacial score (nSPS) is 15.9. The molecule has 8 nitrogen and oxygen atoms in total. The Labute approximate surface area is 141 Å². The Bertz CT molecular complexity index is 695. The summed E-state index contributed by atoms with van der Waals surface area (Å²) < 4.78 is 1.26. The number of nitrogens with one attached hydrogen (secondary N) is 1. The second-order valence-corrected chi connectivity index (χ2v) is 6.41. The van der Waals surface area contributed by atoms with Crippen LogP contribution in [0.5, 0.6) is 0 Å². The first kappa shape index (κ1) is 16.6. The summed E-state index contributed by atoms with van der Waals surface area (Å²) in [5.74, 6) is 0.509. The summed E-state index contributed by atoms with van der Waals surface area (Å²) >= 11 is 0. The number of anilines is 1. The minimum absolute atomic E-state index is 0.120. The van der Waals surface area contributed by atoms with Gasteiger partial charge in [-0.15, -0.1) is 0 Å². The molecule has 2 aromatic rings. The molecule has 2 aromatic heterocycles. The summed E-state index contributed by atoms with van der Waals surface area (Å²) in [6.07, 6.45) is 8.94. The van der Waals surface area contributed by atoms with Crippen LogP contribution >= 0.6 is 0 Å². The Kier molecular flexibility index (Phi) is 5.24. The number of aromatic nitrogens is 3. The van der Waals surface area contributed by atoms with E-state index >= 15 is 0 Å². The van der Waals surface area contributed by atoms with Gasteiger partial charge in [-0.25, -0.2) is 4.98 Å². The lowest BCUT2D eigenvalue weighted by Crippen LogP contribution is -2.34. The summed E-state index contributed by atoms with van der Waals surface area (Å²) in [6.45, 7) is 1.84. The minimum Gasteiger partial charge on any atom is -0.367 e. The van der Waals surface area contributed by atoms with Gasteiger partial charge in [0.05, 0.1) is 0 Å². The molecule has 2 heterocycles. The van der Waals surface area contributed by atoms with Crippen LogP contribution in [0.25, 0.3) is 5.65 Å². The van der Waals surface area contributed by atoms with Crippen LogP contribution in [0.1, 0.15) is 38.5 Å². The Balaban J connectivity index is 1.50. The van der Waals surface area contributed by atoms with Crippen molar-refractivity contribution in [2.75, 3.05) is 25.5 Å². The van der Waals surface area contributed by atoms with Crippen LogP contribution in [-0.4, -0.2) is 50.6 Å². The number of imidazole rings is 1. The third-order valence-corrected chi connectivity index (χ3v) is 4.72. The van der Waals surface area contributed by atoms with Gasteiger partial charge in [-0.3, -0.25) is 0 Å². The van der Waals surface area contributed by atoms with Crippen molar-refractivity contribution in [1.29, 1.82) is 0 Å². The molecule has 24 heavy (non-hydrogen) atoms. The van der Waals surface area contributed by atoms with Crippen molar-refractivity contribution < 1.29 is 4.92 Å². The van der Waals surface area contributed by atoms with Crippen LogP contribution in [0.3, 0.4) is 0 Å². The van der Waals surface area contributed by atoms with E-state index < -0.39 is 4.92 Å². The van der Waals surface area contributed by atoms with Crippen molar-refractivity contribution >= 4 is 17.3 Å². The molecule has 1 aliphatic rings. The highest BCUT2D eigenvalue weighted by atomic mass is 16.6. The van der Waals surface area contributed by atoms with Gasteiger partial charge in [0.25, 0.3) is 0 Å². The highest BCUT2D eigenvalue weighted by molar-refractivity contribution is 5.48. The third-order valence-electron chi connectivity index (χ3n) is 4.72. The first-order valence-electron chi connectivity index (χ1n) is 8.58. The van der Waals surface area contributed by atoms with Crippen molar-refractivity contribution in [2.45, 2.75) is 44.6 Å². The van der Waals surface area contributed by atoms with Gasteiger partial charge >= 0.3 is 5.82 Å². The van der Waals surface area contributed by atoms with E-state index in [2.05, 4.69) is 27.3 Å². The molecule has 0 spiro atoms. The molecule has 130 valence electrons. The van der Waals surface area contributed by atoms with Crippen molar-refractivity contribution in [1.82, 2.24) is 19.5 Å². The van der Waals surface area contributed by atoms with E-state index in [1.54, 1.807) is 12.1 Å². The maximum absolute atomic E-state index is 11.0. The van der Waals surface area contributed by atoms with E-state index in [1.165, 1.54) is 42.8 Å². The molecule has 0 amide bonds. The second kappa shape index (κ2) is 7.57. The molecular formula is C16H24N6O2. The standard InChI is InChI=1S/C16H24N6O2/c1-20(13-6-3-2-4-7-13)11-5-10-17-14-8-9-15-18-12-16(22(23)24)21(15)19-14/h8-9,12-13H,2-7,10-11H2,1H3,(H,17,19). The summed E-state index contributed by atoms with van der Waals surface area (Å²) in [4.78, 5) is 16.9. The number of rotatable bonds is 7. The van der Waals surface area contributed by atoms with Gasteiger partial charge in [-0.1, -0.05) is 28.9 Å². The molecule has 0 atom stereocenters. The maximum atomic E-state index is 11.0. The fourth-order valence-corrected chi connectivity index (χ4v) is 3.33. The number of hydrogen-bond donors (Lipinski definition) is 1. The van der Waals surface area contributed by atoms with Crippen molar-refractivity contribution in [2.24, 2.45) is 0 Å². The van der Waals surface area contributed by atoms with Crippen LogP contribution in [-0.2, 0) is 0 Å². The summed E-state index contributed by atoms with van der Waals surface area (Å²) in [6, 6.07) is 4.26. The molecule has 3 rings (SSSR count). The molecule has 1 N–H and O–H groups in total. The number of fused-ring (bicyclic) bond motifs is 1. The predicted molar refractivity (Wildman–Crippen MR) is 92.3 cm³/mol. The Morgan fingerprint density at radius 1 is 1.38 bits per heavy atom. The molecule has 1 saturated carbocycles. The molecule has 1 aliphatic carbocycles. The molecule has 1 fully saturated rings. The van der Waals surface area contributed by atoms with Gasteiger partial charge in [-0.05, 0) is 43.8 Å². The van der Waals surface area contributed by atoms with E-state index in [4.69, 9.17) is 0 Å². The van der Waals surface area contributed by atoms with Gasteiger partial charge in [0, 0.05) is 18.7 Å². The third kappa shape index (κ3) is 3.81. The highest BCUT2D eigenvalue weighted by Gasteiger charge is 2.18. The summed E-state index contributed by atoms with van der Waals surface area (Å²) in [7, 11) is 2.20. The summed E-state index contributed by atoms with van der Waals surface area (Å²) in [5.41, 5.74) is 0.476. The second-order valence-electron chi connectivity index (χ2n) is 6.41. The van der Waals surface area contributed by atoms with Gasteiger partial charge in [0.1, 0.15) is 6.20 Å². The molecule has 0 aliphatic heterocycles. The van der Waals surface area contributed by atoms with E-state index in [9.17, 15) is 10.1 Å². The van der Waals surface area contributed by atoms with E-state index in [-0.39, 0.29) is 5.82 Å². The zero-order valence-corrected chi connectivity index (χ0v) is 14.0. The van der Waals surface area contributed by atoms with Gasteiger partial charge in [0.2, 0.25) is 5.65 Å². The van der Waals surface area contributed by atoms with Crippen LogP contribution in [0, 0.1) is 10.1 Å². The van der Waals surface area contributed by atoms with Crippen LogP contribution in [0.15, 0.2) is 18.3 Å². The molecule has 0 saturated heterocycles. The van der Waals surface area contributed by atoms with Gasteiger partial charge in [0.15, 0.2) is 5.82 Å².